The molecule has 6 heteroatoms. The molecule has 1 saturated carbocycles. The summed E-state index contributed by atoms with van der Waals surface area (Å²) in [6, 6.07) is 0.284. The van der Waals surface area contributed by atoms with Gasteiger partial charge in [-0.05, 0) is 19.3 Å². The van der Waals surface area contributed by atoms with Gasteiger partial charge in [0, 0.05) is 28.9 Å². The van der Waals surface area contributed by atoms with Crippen LogP contribution >= 0.6 is 11.5 Å². The molecule has 1 amide bonds. The zero-order valence-electron chi connectivity index (χ0n) is 11.8. The quantitative estimate of drug-likeness (QED) is 0.891. The van der Waals surface area contributed by atoms with Crippen LogP contribution in [0.2, 0.25) is 0 Å². The third kappa shape index (κ3) is 3.65. The molecule has 0 spiro atoms. The van der Waals surface area contributed by atoms with Crippen molar-refractivity contribution < 1.29 is 4.79 Å². The van der Waals surface area contributed by atoms with Gasteiger partial charge in [0.05, 0.1) is 0 Å². The number of aromatic nitrogens is 2. The van der Waals surface area contributed by atoms with Crippen LogP contribution in [-0.4, -0.2) is 21.3 Å². The molecule has 1 fully saturated rings. The molecule has 2 rings (SSSR count). The van der Waals surface area contributed by atoms with Crippen molar-refractivity contribution in [2.45, 2.75) is 57.9 Å². The summed E-state index contributed by atoms with van der Waals surface area (Å²) in [6.45, 7) is 6.30. The first kappa shape index (κ1) is 14.2. The van der Waals surface area contributed by atoms with Crippen LogP contribution in [0.4, 0.5) is 5.13 Å². The summed E-state index contributed by atoms with van der Waals surface area (Å²) >= 11 is 1.39. The highest BCUT2D eigenvalue weighted by molar-refractivity contribution is 7.09. The third-order valence-corrected chi connectivity index (χ3v) is 4.15. The topological polar surface area (TPSA) is 80.9 Å². The van der Waals surface area contributed by atoms with Gasteiger partial charge in [-0.15, -0.1) is 0 Å². The van der Waals surface area contributed by atoms with Crippen LogP contribution in [0.15, 0.2) is 0 Å². The van der Waals surface area contributed by atoms with Gasteiger partial charge in [0.25, 0.3) is 0 Å². The van der Waals surface area contributed by atoms with E-state index in [1.165, 1.54) is 11.5 Å². The lowest BCUT2D eigenvalue weighted by atomic mass is 9.85. The molecule has 1 aromatic rings. The van der Waals surface area contributed by atoms with E-state index in [-0.39, 0.29) is 23.3 Å². The second kappa shape index (κ2) is 5.45. The van der Waals surface area contributed by atoms with Crippen molar-refractivity contribution in [3.63, 3.8) is 0 Å². The molecule has 2 atom stereocenters. The van der Waals surface area contributed by atoms with Gasteiger partial charge < -0.3 is 11.1 Å². The van der Waals surface area contributed by atoms with Gasteiger partial charge in [-0.3, -0.25) is 4.79 Å². The average molecular weight is 282 g/mol. The van der Waals surface area contributed by atoms with Crippen LogP contribution in [0, 0.1) is 5.92 Å². The fraction of sp³-hybridized carbons (Fsp3) is 0.769. The molecule has 1 aliphatic rings. The van der Waals surface area contributed by atoms with E-state index in [4.69, 9.17) is 5.73 Å². The van der Waals surface area contributed by atoms with Crippen molar-refractivity contribution in [3.05, 3.63) is 5.82 Å². The standard InChI is InChI=1S/C13H22N4OS/c1-13(2,3)11-16-12(19-17-11)15-9-6-4-5-8(7-9)10(14)18/h8-9H,4-7H2,1-3H3,(H2,14,18)(H,15,16,17). The first-order chi connectivity index (χ1) is 8.86. The lowest BCUT2D eigenvalue weighted by Crippen LogP contribution is -2.34. The molecule has 0 bridgehead atoms. The lowest BCUT2D eigenvalue weighted by molar-refractivity contribution is -0.122. The Labute approximate surface area is 118 Å². The molecule has 1 aliphatic carbocycles. The summed E-state index contributed by atoms with van der Waals surface area (Å²) in [6.07, 6.45) is 3.82. The minimum absolute atomic E-state index is 0.00116. The fourth-order valence-electron chi connectivity index (χ4n) is 2.34. The van der Waals surface area contributed by atoms with E-state index in [9.17, 15) is 4.79 Å². The van der Waals surface area contributed by atoms with Crippen LogP contribution in [0.25, 0.3) is 0 Å². The highest BCUT2D eigenvalue weighted by Crippen LogP contribution is 2.28. The van der Waals surface area contributed by atoms with Crippen molar-refractivity contribution in [1.29, 1.82) is 0 Å². The number of primary amides is 1. The second-order valence-electron chi connectivity index (χ2n) is 6.28. The molecule has 0 saturated heterocycles. The second-order valence-corrected chi connectivity index (χ2v) is 7.03. The highest BCUT2D eigenvalue weighted by atomic mass is 32.1. The minimum Gasteiger partial charge on any atom is -0.369 e. The smallest absolute Gasteiger partial charge is 0.220 e. The maximum atomic E-state index is 11.3. The Morgan fingerprint density at radius 2 is 2.16 bits per heavy atom. The minimum atomic E-state index is -0.181. The first-order valence-corrected chi connectivity index (χ1v) is 7.53. The number of amides is 1. The van der Waals surface area contributed by atoms with Gasteiger partial charge in [-0.25, -0.2) is 4.98 Å². The Morgan fingerprint density at radius 3 is 2.74 bits per heavy atom. The summed E-state index contributed by atoms with van der Waals surface area (Å²) in [4.78, 5) is 15.8. The largest absolute Gasteiger partial charge is 0.369 e. The van der Waals surface area contributed by atoms with Crippen molar-refractivity contribution in [3.8, 4) is 0 Å². The van der Waals surface area contributed by atoms with Gasteiger partial charge in [0.1, 0.15) is 5.82 Å². The maximum Gasteiger partial charge on any atom is 0.220 e. The van der Waals surface area contributed by atoms with Gasteiger partial charge >= 0.3 is 0 Å². The predicted octanol–water partition coefficient (Wildman–Crippen LogP) is 2.29. The Morgan fingerprint density at radius 1 is 1.42 bits per heavy atom. The molecule has 3 N–H and O–H groups in total. The van der Waals surface area contributed by atoms with Crippen LogP contribution < -0.4 is 11.1 Å². The Balaban J connectivity index is 1.97. The highest BCUT2D eigenvalue weighted by Gasteiger charge is 2.27. The number of hydrogen-bond donors (Lipinski definition) is 2. The predicted molar refractivity (Wildman–Crippen MR) is 77.2 cm³/mol. The zero-order chi connectivity index (χ0) is 14.0. The van der Waals surface area contributed by atoms with Crippen molar-refractivity contribution in [2.75, 3.05) is 5.32 Å². The molecular weight excluding hydrogens is 260 g/mol. The van der Waals surface area contributed by atoms with Crippen LogP contribution in [0.1, 0.15) is 52.3 Å². The van der Waals surface area contributed by atoms with E-state index >= 15 is 0 Å². The maximum absolute atomic E-state index is 11.3. The number of carbonyl (C=O) groups is 1. The van der Waals surface area contributed by atoms with E-state index < -0.39 is 0 Å². The molecule has 2 unspecified atom stereocenters. The van der Waals surface area contributed by atoms with Gasteiger partial charge in [0.15, 0.2) is 0 Å². The monoisotopic (exact) mass is 282 g/mol. The summed E-state index contributed by atoms with van der Waals surface area (Å²) in [5.74, 6) is 0.683. The van der Waals surface area contributed by atoms with E-state index in [1.54, 1.807) is 0 Å². The molecule has 0 radical (unpaired) electrons. The van der Waals surface area contributed by atoms with Crippen LogP contribution in [0.5, 0.6) is 0 Å². The summed E-state index contributed by atoms with van der Waals surface area (Å²) in [5, 5.41) is 4.24. The summed E-state index contributed by atoms with van der Waals surface area (Å²) < 4.78 is 4.38. The van der Waals surface area contributed by atoms with Crippen LogP contribution in [0.3, 0.4) is 0 Å². The van der Waals surface area contributed by atoms with Crippen molar-refractivity contribution in [1.82, 2.24) is 9.36 Å². The average Bonchev–Trinajstić information content (AvgIpc) is 2.77. The van der Waals surface area contributed by atoms with Gasteiger partial charge in [-0.2, -0.15) is 4.37 Å². The van der Waals surface area contributed by atoms with Gasteiger partial charge in [-0.1, -0.05) is 27.2 Å². The number of hydrogen-bond acceptors (Lipinski definition) is 5. The normalized spacial score (nSPS) is 24.2. The molecule has 106 valence electrons. The number of anilines is 1. The van der Waals surface area contributed by atoms with Gasteiger partial charge in [0.2, 0.25) is 11.0 Å². The van der Waals surface area contributed by atoms with Crippen molar-refractivity contribution in [2.24, 2.45) is 11.7 Å². The molecule has 1 aromatic heterocycles. The van der Waals surface area contributed by atoms with Crippen LogP contribution in [-0.2, 0) is 10.2 Å². The number of rotatable bonds is 3. The summed E-state index contributed by atoms with van der Waals surface area (Å²) in [7, 11) is 0. The molecule has 1 heterocycles. The number of nitrogens with one attached hydrogen (secondary N) is 1. The third-order valence-electron chi connectivity index (χ3n) is 3.50. The zero-order valence-corrected chi connectivity index (χ0v) is 12.6. The Hall–Kier alpha value is -1.17. The fourth-order valence-corrected chi connectivity index (χ4v) is 3.17. The number of nitrogens with zero attached hydrogens (tertiary/aromatic N) is 2. The van der Waals surface area contributed by atoms with E-state index in [0.717, 1.165) is 36.6 Å². The van der Waals surface area contributed by atoms with E-state index in [0.29, 0.717) is 0 Å². The lowest BCUT2D eigenvalue weighted by Gasteiger charge is -2.27. The number of carbonyl (C=O) groups excluding carboxylic acids is 1. The van der Waals surface area contributed by atoms with E-state index in [1.807, 2.05) is 0 Å². The molecule has 0 aromatic carbocycles. The SMILES string of the molecule is CC(C)(C)c1nsc(NC2CCCC(C(N)=O)C2)n1. The molecule has 0 aliphatic heterocycles. The molecular formula is C13H22N4OS. The Bertz CT molecular complexity index is 452. The molecule has 19 heavy (non-hydrogen) atoms. The Kier molecular flexibility index (Phi) is 4.08. The molecule has 5 nitrogen and oxygen atoms in total. The van der Waals surface area contributed by atoms with E-state index in [2.05, 4.69) is 35.4 Å². The first-order valence-electron chi connectivity index (χ1n) is 6.76. The number of nitrogens with two attached hydrogens (primary N) is 1. The summed E-state index contributed by atoms with van der Waals surface area (Å²) in [5.41, 5.74) is 5.36. The van der Waals surface area contributed by atoms with Crippen molar-refractivity contribution >= 4 is 22.6 Å².